The van der Waals surface area contributed by atoms with Gasteiger partial charge in [0.05, 0.1) is 0 Å². The zero-order valence-electron chi connectivity index (χ0n) is 10.4. The lowest BCUT2D eigenvalue weighted by molar-refractivity contribution is 0.866. The first-order valence-corrected chi connectivity index (χ1v) is 5.75. The van der Waals surface area contributed by atoms with Crippen LogP contribution in [0.1, 0.15) is 19.4 Å². The van der Waals surface area contributed by atoms with E-state index < -0.39 is 0 Å². The fourth-order valence-corrected chi connectivity index (χ4v) is 1.63. The van der Waals surface area contributed by atoms with Gasteiger partial charge in [-0.3, -0.25) is 4.99 Å². The molecule has 0 aliphatic rings. The number of anilines is 1. The van der Waals surface area contributed by atoms with E-state index >= 15 is 0 Å². The predicted molar refractivity (Wildman–Crippen MR) is 73.5 cm³/mol. The van der Waals surface area contributed by atoms with Gasteiger partial charge in [0.15, 0.2) is 0 Å². The molecular formula is C14H20N2. The summed E-state index contributed by atoms with van der Waals surface area (Å²) in [4.78, 5) is 6.24. The van der Waals surface area contributed by atoms with E-state index in [9.17, 15) is 0 Å². The van der Waals surface area contributed by atoms with Gasteiger partial charge >= 0.3 is 0 Å². The average Bonchev–Trinajstić information content (AvgIpc) is 2.33. The Hall–Kier alpha value is -1.57. The maximum Gasteiger partial charge on any atom is 0.0366 e. The summed E-state index contributed by atoms with van der Waals surface area (Å²) >= 11 is 0. The Bertz CT molecular complexity index is 346. The van der Waals surface area contributed by atoms with Crippen LogP contribution in [0.3, 0.4) is 0 Å². The van der Waals surface area contributed by atoms with Crippen LogP contribution in [0.4, 0.5) is 5.69 Å². The lowest BCUT2D eigenvalue weighted by Gasteiger charge is -2.20. The van der Waals surface area contributed by atoms with Crippen molar-refractivity contribution in [3.8, 4) is 0 Å². The summed E-state index contributed by atoms with van der Waals surface area (Å²) < 4.78 is 0. The molecule has 86 valence electrons. The minimum absolute atomic E-state index is 1.05. The highest BCUT2D eigenvalue weighted by molar-refractivity contribution is 5.78. The Labute approximate surface area is 98.3 Å². The van der Waals surface area contributed by atoms with Crippen molar-refractivity contribution in [2.75, 3.05) is 25.0 Å². The molecule has 0 heterocycles. The topological polar surface area (TPSA) is 15.6 Å². The van der Waals surface area contributed by atoms with E-state index in [1.165, 1.54) is 11.3 Å². The van der Waals surface area contributed by atoms with E-state index in [2.05, 4.69) is 54.1 Å². The molecule has 0 unspecified atom stereocenters. The van der Waals surface area contributed by atoms with Crippen molar-refractivity contribution in [3.63, 3.8) is 0 Å². The summed E-state index contributed by atoms with van der Waals surface area (Å²) in [7, 11) is 1.77. The Balaban J connectivity index is 2.74. The molecule has 1 rings (SSSR count). The molecule has 0 atom stereocenters. The van der Waals surface area contributed by atoms with Crippen LogP contribution in [0, 0.1) is 0 Å². The zero-order valence-corrected chi connectivity index (χ0v) is 10.4. The molecule has 16 heavy (non-hydrogen) atoms. The highest BCUT2D eigenvalue weighted by atomic mass is 15.1. The molecule has 0 saturated carbocycles. The van der Waals surface area contributed by atoms with Gasteiger partial charge in [0.25, 0.3) is 0 Å². The van der Waals surface area contributed by atoms with Crippen LogP contribution in [0.15, 0.2) is 35.3 Å². The summed E-state index contributed by atoms with van der Waals surface area (Å²) in [6.45, 7) is 6.45. The molecule has 0 bridgehead atoms. The molecule has 0 fully saturated rings. The number of nitrogens with zero attached hydrogens (tertiary/aromatic N) is 2. The van der Waals surface area contributed by atoms with Crippen LogP contribution in [0.5, 0.6) is 0 Å². The molecule has 2 heteroatoms. The van der Waals surface area contributed by atoms with Gasteiger partial charge in [-0.05, 0) is 37.6 Å². The van der Waals surface area contributed by atoms with Gasteiger partial charge in [0.2, 0.25) is 0 Å². The third kappa shape index (κ3) is 3.54. The number of hydrogen-bond acceptors (Lipinski definition) is 2. The molecule has 0 radical (unpaired) electrons. The fourth-order valence-electron chi connectivity index (χ4n) is 1.63. The summed E-state index contributed by atoms with van der Waals surface area (Å²) in [6.07, 6.45) is 5.80. The molecule has 0 aliphatic carbocycles. The van der Waals surface area contributed by atoms with Crippen molar-refractivity contribution in [2.24, 2.45) is 4.99 Å². The van der Waals surface area contributed by atoms with Gasteiger partial charge in [0.1, 0.15) is 0 Å². The molecule has 1 aromatic carbocycles. The standard InChI is InChI=1S/C14H20N2/c1-4-16(5-2)14-10-8-13(9-11-14)7-6-12-15-3/h6-12H,4-5H2,1-3H3/b7-6+,15-12-. The normalized spacial score (nSPS) is 11.4. The molecule has 0 aromatic heterocycles. The highest BCUT2D eigenvalue weighted by Gasteiger charge is 1.99. The molecule has 1 aromatic rings. The van der Waals surface area contributed by atoms with Crippen molar-refractivity contribution in [3.05, 3.63) is 35.9 Å². The van der Waals surface area contributed by atoms with Crippen LogP contribution in [-0.2, 0) is 0 Å². The van der Waals surface area contributed by atoms with E-state index in [1.807, 2.05) is 6.08 Å². The predicted octanol–water partition coefficient (Wildman–Crippen LogP) is 3.25. The Morgan fingerprint density at radius 1 is 1.12 bits per heavy atom. The third-order valence-corrected chi connectivity index (χ3v) is 2.55. The lowest BCUT2D eigenvalue weighted by atomic mass is 10.2. The van der Waals surface area contributed by atoms with Crippen LogP contribution >= 0.6 is 0 Å². The van der Waals surface area contributed by atoms with Crippen molar-refractivity contribution >= 4 is 18.0 Å². The monoisotopic (exact) mass is 216 g/mol. The van der Waals surface area contributed by atoms with Gasteiger partial charge < -0.3 is 4.90 Å². The molecule has 0 spiro atoms. The summed E-state index contributed by atoms with van der Waals surface area (Å²) in [5.74, 6) is 0. The smallest absolute Gasteiger partial charge is 0.0366 e. The first-order chi connectivity index (χ1) is 7.81. The van der Waals surface area contributed by atoms with Crippen molar-refractivity contribution < 1.29 is 0 Å². The number of benzene rings is 1. The second kappa shape index (κ2) is 6.83. The molecule has 0 saturated heterocycles. The Kier molecular flexibility index (Phi) is 5.34. The van der Waals surface area contributed by atoms with Gasteiger partial charge in [-0.15, -0.1) is 0 Å². The molecular weight excluding hydrogens is 196 g/mol. The lowest BCUT2D eigenvalue weighted by Crippen LogP contribution is -2.21. The van der Waals surface area contributed by atoms with E-state index in [0.717, 1.165) is 13.1 Å². The summed E-state index contributed by atoms with van der Waals surface area (Å²) in [5.41, 5.74) is 2.49. The van der Waals surface area contributed by atoms with Crippen LogP contribution in [0.2, 0.25) is 0 Å². The van der Waals surface area contributed by atoms with E-state index in [0.29, 0.717) is 0 Å². The second-order valence-electron chi connectivity index (χ2n) is 3.53. The Morgan fingerprint density at radius 2 is 1.75 bits per heavy atom. The van der Waals surface area contributed by atoms with Crippen LogP contribution in [0.25, 0.3) is 6.08 Å². The molecule has 2 nitrogen and oxygen atoms in total. The van der Waals surface area contributed by atoms with Gasteiger partial charge in [-0.25, -0.2) is 0 Å². The summed E-state index contributed by atoms with van der Waals surface area (Å²) in [5, 5.41) is 0. The maximum absolute atomic E-state index is 3.90. The Morgan fingerprint density at radius 3 is 2.25 bits per heavy atom. The minimum atomic E-state index is 1.05. The first kappa shape index (κ1) is 12.5. The third-order valence-electron chi connectivity index (χ3n) is 2.55. The molecule has 0 amide bonds. The minimum Gasteiger partial charge on any atom is -0.372 e. The summed E-state index contributed by atoms with van der Waals surface area (Å²) in [6, 6.07) is 8.59. The molecule has 0 aliphatic heterocycles. The SMILES string of the molecule is CCN(CC)c1ccc(/C=C/C=N\C)cc1. The quantitative estimate of drug-likeness (QED) is 0.690. The van der Waals surface area contributed by atoms with E-state index in [1.54, 1.807) is 13.3 Å². The average molecular weight is 216 g/mol. The maximum atomic E-state index is 3.90. The second-order valence-corrected chi connectivity index (χ2v) is 3.53. The van der Waals surface area contributed by atoms with Crippen LogP contribution in [-0.4, -0.2) is 26.4 Å². The fraction of sp³-hybridized carbons (Fsp3) is 0.357. The van der Waals surface area contributed by atoms with Crippen molar-refractivity contribution in [2.45, 2.75) is 13.8 Å². The number of hydrogen-bond donors (Lipinski definition) is 0. The molecule has 0 N–H and O–H groups in total. The van der Waals surface area contributed by atoms with Crippen LogP contribution < -0.4 is 4.90 Å². The largest absolute Gasteiger partial charge is 0.372 e. The van der Waals surface area contributed by atoms with Crippen molar-refractivity contribution in [1.82, 2.24) is 0 Å². The van der Waals surface area contributed by atoms with Gasteiger partial charge in [0, 0.05) is 32.0 Å². The number of allylic oxidation sites excluding steroid dienone is 1. The van der Waals surface area contributed by atoms with E-state index in [-0.39, 0.29) is 0 Å². The van der Waals surface area contributed by atoms with Crippen molar-refractivity contribution in [1.29, 1.82) is 0 Å². The first-order valence-electron chi connectivity index (χ1n) is 5.75. The highest BCUT2D eigenvalue weighted by Crippen LogP contribution is 2.15. The number of rotatable bonds is 5. The van der Waals surface area contributed by atoms with Gasteiger partial charge in [-0.1, -0.05) is 18.2 Å². The van der Waals surface area contributed by atoms with E-state index in [4.69, 9.17) is 0 Å². The zero-order chi connectivity index (χ0) is 11.8. The number of aliphatic imine (C=N–C) groups is 1. The van der Waals surface area contributed by atoms with Gasteiger partial charge in [-0.2, -0.15) is 0 Å².